The van der Waals surface area contributed by atoms with Crippen molar-refractivity contribution in [2.45, 2.75) is 31.7 Å². The number of aliphatic carboxylic acids is 1. The van der Waals surface area contributed by atoms with Crippen molar-refractivity contribution in [2.75, 3.05) is 6.54 Å². The number of para-hydroxylation sites is 1. The van der Waals surface area contributed by atoms with Gasteiger partial charge in [-0.2, -0.15) is 0 Å². The van der Waals surface area contributed by atoms with Crippen LogP contribution in [0.15, 0.2) is 34.7 Å². The quantitative estimate of drug-likeness (QED) is 0.938. The van der Waals surface area contributed by atoms with Crippen molar-refractivity contribution in [3.63, 3.8) is 0 Å². The molecule has 5 nitrogen and oxygen atoms in total. The Hall–Kier alpha value is -2.30. The second-order valence-corrected chi connectivity index (χ2v) is 5.41. The number of carbonyl (C=O) groups is 2. The van der Waals surface area contributed by atoms with E-state index in [4.69, 9.17) is 9.52 Å². The normalized spacial score (nSPS) is 15.4. The summed E-state index contributed by atoms with van der Waals surface area (Å²) in [6, 6.07) is 9.06. The summed E-state index contributed by atoms with van der Waals surface area (Å²) < 4.78 is 5.57. The molecule has 1 amide bonds. The van der Waals surface area contributed by atoms with E-state index in [1.54, 1.807) is 12.1 Å². The maximum Gasteiger partial charge on any atom is 0.323 e. The van der Waals surface area contributed by atoms with Crippen LogP contribution in [0.5, 0.6) is 0 Å². The number of furan rings is 1. The number of hydrogen-bond donors (Lipinski definition) is 1. The van der Waals surface area contributed by atoms with Crippen LogP contribution in [0, 0.1) is 0 Å². The third kappa shape index (κ3) is 2.77. The minimum absolute atomic E-state index is 0.00168. The molecule has 1 aliphatic carbocycles. The first-order valence-corrected chi connectivity index (χ1v) is 7.16. The van der Waals surface area contributed by atoms with Gasteiger partial charge >= 0.3 is 5.97 Å². The van der Waals surface area contributed by atoms with Crippen molar-refractivity contribution in [3.05, 3.63) is 36.1 Å². The van der Waals surface area contributed by atoms with Gasteiger partial charge in [-0.15, -0.1) is 0 Å². The average Bonchev–Trinajstić information content (AvgIpc) is 3.12. The first kappa shape index (κ1) is 13.7. The lowest BCUT2D eigenvalue weighted by molar-refractivity contribution is -0.138. The van der Waals surface area contributed by atoms with Gasteiger partial charge in [0.1, 0.15) is 12.1 Å². The Morgan fingerprint density at radius 1 is 1.24 bits per heavy atom. The van der Waals surface area contributed by atoms with E-state index in [0.29, 0.717) is 5.58 Å². The van der Waals surface area contributed by atoms with Crippen molar-refractivity contribution in [2.24, 2.45) is 0 Å². The fraction of sp³-hybridized carbons (Fsp3) is 0.375. The molecule has 0 bridgehead atoms. The molecule has 3 rings (SSSR count). The Kier molecular flexibility index (Phi) is 3.64. The van der Waals surface area contributed by atoms with Gasteiger partial charge in [0.2, 0.25) is 0 Å². The number of hydrogen-bond acceptors (Lipinski definition) is 3. The Morgan fingerprint density at radius 3 is 2.62 bits per heavy atom. The highest BCUT2D eigenvalue weighted by atomic mass is 16.4. The molecule has 2 aromatic rings. The van der Waals surface area contributed by atoms with Crippen LogP contribution in [0.2, 0.25) is 0 Å². The van der Waals surface area contributed by atoms with E-state index in [9.17, 15) is 9.59 Å². The zero-order valence-electron chi connectivity index (χ0n) is 11.6. The molecule has 1 fully saturated rings. The Labute approximate surface area is 122 Å². The molecular formula is C16H17NO4. The van der Waals surface area contributed by atoms with Gasteiger partial charge in [0.25, 0.3) is 5.91 Å². The van der Waals surface area contributed by atoms with Gasteiger partial charge in [-0.1, -0.05) is 31.0 Å². The van der Waals surface area contributed by atoms with Gasteiger partial charge in [-0.3, -0.25) is 9.59 Å². The largest absolute Gasteiger partial charge is 0.480 e. The van der Waals surface area contributed by atoms with Gasteiger partial charge in [-0.25, -0.2) is 0 Å². The Bertz CT molecular complexity index is 637. The highest BCUT2D eigenvalue weighted by molar-refractivity contribution is 5.97. The molecule has 1 aromatic heterocycles. The van der Waals surface area contributed by atoms with Crippen LogP contribution in [-0.4, -0.2) is 34.5 Å². The third-order valence-corrected chi connectivity index (χ3v) is 3.97. The van der Waals surface area contributed by atoms with Crippen LogP contribution >= 0.6 is 0 Å². The maximum atomic E-state index is 12.6. The van der Waals surface area contributed by atoms with Crippen LogP contribution in [-0.2, 0) is 4.79 Å². The smallest absolute Gasteiger partial charge is 0.323 e. The summed E-state index contributed by atoms with van der Waals surface area (Å²) in [5.41, 5.74) is 0.641. The predicted molar refractivity (Wildman–Crippen MR) is 77.1 cm³/mol. The van der Waals surface area contributed by atoms with Gasteiger partial charge in [-0.05, 0) is 25.0 Å². The van der Waals surface area contributed by atoms with E-state index in [2.05, 4.69) is 0 Å². The fourth-order valence-corrected chi connectivity index (χ4v) is 2.96. The molecule has 1 aromatic carbocycles. The first-order valence-electron chi connectivity index (χ1n) is 7.16. The molecule has 5 heteroatoms. The zero-order chi connectivity index (χ0) is 14.8. The SMILES string of the molecule is O=C(O)CN(C(=O)c1cc2ccccc2o1)C1CCCC1. The lowest BCUT2D eigenvalue weighted by Crippen LogP contribution is -2.42. The van der Waals surface area contributed by atoms with E-state index < -0.39 is 5.97 Å². The van der Waals surface area contributed by atoms with Crippen LogP contribution in [0.1, 0.15) is 36.2 Å². The van der Waals surface area contributed by atoms with Gasteiger partial charge in [0.05, 0.1) is 0 Å². The summed E-state index contributed by atoms with van der Waals surface area (Å²) in [4.78, 5) is 25.1. The molecule has 1 aliphatic rings. The number of amides is 1. The first-order chi connectivity index (χ1) is 10.1. The van der Waals surface area contributed by atoms with Crippen molar-refractivity contribution in [3.8, 4) is 0 Å². The van der Waals surface area contributed by atoms with E-state index in [1.165, 1.54) is 4.90 Å². The summed E-state index contributed by atoms with van der Waals surface area (Å²) in [6.45, 7) is -0.277. The molecule has 0 unspecified atom stereocenters. The Morgan fingerprint density at radius 2 is 1.95 bits per heavy atom. The number of carboxylic acid groups (broad SMARTS) is 1. The van der Waals surface area contributed by atoms with Crippen LogP contribution in [0.4, 0.5) is 0 Å². The highest BCUT2D eigenvalue weighted by Crippen LogP contribution is 2.26. The minimum atomic E-state index is -0.994. The molecule has 0 radical (unpaired) electrons. The highest BCUT2D eigenvalue weighted by Gasteiger charge is 2.30. The number of benzene rings is 1. The van der Waals surface area contributed by atoms with Crippen molar-refractivity contribution < 1.29 is 19.1 Å². The second kappa shape index (κ2) is 5.60. The number of rotatable bonds is 4. The lowest BCUT2D eigenvalue weighted by Gasteiger charge is -2.26. The summed E-state index contributed by atoms with van der Waals surface area (Å²) in [7, 11) is 0. The summed E-state index contributed by atoms with van der Waals surface area (Å²) in [5, 5.41) is 9.90. The molecule has 1 heterocycles. The van der Waals surface area contributed by atoms with Crippen LogP contribution in [0.3, 0.4) is 0 Å². The molecule has 0 spiro atoms. The van der Waals surface area contributed by atoms with E-state index in [0.717, 1.165) is 31.1 Å². The molecule has 1 N–H and O–H groups in total. The molecule has 110 valence electrons. The fourth-order valence-electron chi connectivity index (χ4n) is 2.96. The van der Waals surface area contributed by atoms with E-state index in [1.807, 2.05) is 18.2 Å². The Balaban J connectivity index is 1.90. The number of fused-ring (bicyclic) bond motifs is 1. The molecular weight excluding hydrogens is 270 g/mol. The van der Waals surface area contributed by atoms with E-state index >= 15 is 0 Å². The van der Waals surface area contributed by atoms with Crippen LogP contribution < -0.4 is 0 Å². The molecule has 0 aliphatic heterocycles. The molecule has 0 saturated heterocycles. The van der Waals surface area contributed by atoms with Crippen LogP contribution in [0.25, 0.3) is 11.0 Å². The third-order valence-electron chi connectivity index (χ3n) is 3.97. The topological polar surface area (TPSA) is 70.8 Å². The van der Waals surface area contributed by atoms with Crippen molar-refractivity contribution >= 4 is 22.8 Å². The average molecular weight is 287 g/mol. The van der Waals surface area contributed by atoms with Gasteiger partial charge in [0, 0.05) is 11.4 Å². The summed E-state index contributed by atoms with van der Waals surface area (Å²) in [6.07, 6.45) is 3.79. The molecule has 0 atom stereocenters. The molecule has 1 saturated carbocycles. The van der Waals surface area contributed by atoms with Crippen molar-refractivity contribution in [1.29, 1.82) is 0 Å². The second-order valence-electron chi connectivity index (χ2n) is 5.41. The predicted octanol–water partition coefficient (Wildman–Crippen LogP) is 2.90. The number of carboxylic acids is 1. The zero-order valence-corrected chi connectivity index (χ0v) is 11.6. The number of carbonyl (C=O) groups excluding carboxylic acids is 1. The maximum absolute atomic E-state index is 12.6. The van der Waals surface area contributed by atoms with E-state index in [-0.39, 0.29) is 24.3 Å². The number of nitrogens with zero attached hydrogens (tertiary/aromatic N) is 1. The summed E-state index contributed by atoms with van der Waals surface area (Å²) >= 11 is 0. The van der Waals surface area contributed by atoms with Crippen molar-refractivity contribution in [1.82, 2.24) is 4.90 Å². The minimum Gasteiger partial charge on any atom is -0.480 e. The molecule has 21 heavy (non-hydrogen) atoms. The standard InChI is InChI=1S/C16H17NO4/c18-15(19)10-17(12-6-2-3-7-12)16(20)14-9-11-5-1-4-8-13(11)21-14/h1,4-5,8-9,12H,2-3,6-7,10H2,(H,18,19). The van der Waals surface area contributed by atoms with Gasteiger partial charge < -0.3 is 14.4 Å². The van der Waals surface area contributed by atoms with Gasteiger partial charge in [0.15, 0.2) is 5.76 Å². The monoisotopic (exact) mass is 287 g/mol. The lowest BCUT2D eigenvalue weighted by atomic mass is 10.2. The summed E-state index contributed by atoms with van der Waals surface area (Å²) in [5.74, 6) is -1.11.